The van der Waals surface area contributed by atoms with Gasteiger partial charge in [-0.1, -0.05) is 25.1 Å². The van der Waals surface area contributed by atoms with Crippen LogP contribution in [0, 0.1) is 0 Å². The molecule has 132 valence electrons. The molecule has 1 aliphatic heterocycles. The van der Waals surface area contributed by atoms with Crippen molar-refractivity contribution in [2.45, 2.75) is 25.7 Å². The fourth-order valence-electron chi connectivity index (χ4n) is 2.86. The lowest BCUT2D eigenvalue weighted by molar-refractivity contribution is -0.137. The van der Waals surface area contributed by atoms with Crippen LogP contribution in [-0.2, 0) is 6.18 Å². The number of rotatable bonds is 3. The average Bonchev–Trinajstić information content (AvgIpc) is 2.57. The number of pyridine rings is 1. The number of nitrogens with zero attached hydrogens (tertiary/aromatic N) is 3. The van der Waals surface area contributed by atoms with Crippen LogP contribution in [0.1, 0.15) is 30.6 Å². The van der Waals surface area contributed by atoms with Gasteiger partial charge in [0, 0.05) is 17.7 Å². The van der Waals surface area contributed by atoms with Crippen LogP contribution in [0.4, 0.5) is 19.0 Å². The van der Waals surface area contributed by atoms with Crippen molar-refractivity contribution in [2.75, 3.05) is 6.54 Å². The maximum absolute atomic E-state index is 13.2. The second-order valence-corrected chi connectivity index (χ2v) is 5.76. The van der Waals surface area contributed by atoms with Crippen molar-refractivity contribution in [3.05, 3.63) is 47.5 Å². The molecule has 0 radical (unpaired) electrons. The molecule has 2 heterocycles. The first-order chi connectivity index (χ1) is 11.8. The predicted octanol–water partition coefficient (Wildman–Crippen LogP) is 3.40. The van der Waals surface area contributed by atoms with Crippen molar-refractivity contribution >= 4 is 11.8 Å². The second kappa shape index (κ2) is 6.36. The number of hydrogen-bond donors (Lipinski definition) is 2. The highest BCUT2D eigenvalue weighted by Gasteiger charge is 2.34. The number of benzene rings is 1. The molecule has 1 aromatic carbocycles. The Labute approximate surface area is 143 Å². The summed E-state index contributed by atoms with van der Waals surface area (Å²) in [5, 5.41) is 0. The SMILES string of the molecule is CCCN1C(N)=Nc2nc(-c3ccccc3C(F)(F)F)ccc2C1N. The standard InChI is InChI=1S/C17H18F3N5/c1-2-9-25-14(21)11-7-8-13(23-15(11)24-16(25)22)10-5-3-4-6-12(10)17(18,19)20/h3-8,14H,2,9,21H2,1H3,(H2,22,23,24). The van der Waals surface area contributed by atoms with E-state index in [1.165, 1.54) is 24.3 Å². The minimum Gasteiger partial charge on any atom is -0.369 e. The average molecular weight is 349 g/mol. The summed E-state index contributed by atoms with van der Waals surface area (Å²) in [5.74, 6) is 0.474. The molecule has 0 saturated carbocycles. The predicted molar refractivity (Wildman–Crippen MR) is 89.9 cm³/mol. The van der Waals surface area contributed by atoms with Crippen LogP contribution in [0.2, 0.25) is 0 Å². The summed E-state index contributed by atoms with van der Waals surface area (Å²) in [4.78, 5) is 10.2. The fourth-order valence-corrected chi connectivity index (χ4v) is 2.86. The number of nitrogens with two attached hydrogens (primary N) is 2. The number of aliphatic imine (C=N–C) groups is 1. The Hall–Kier alpha value is -2.61. The first kappa shape index (κ1) is 17.2. The molecular weight excluding hydrogens is 331 g/mol. The van der Waals surface area contributed by atoms with Gasteiger partial charge in [0.1, 0.15) is 6.17 Å². The molecule has 1 aliphatic rings. The van der Waals surface area contributed by atoms with E-state index in [1.807, 2.05) is 6.92 Å². The Bertz CT molecular complexity index is 816. The molecule has 8 heteroatoms. The van der Waals surface area contributed by atoms with E-state index in [-0.39, 0.29) is 23.0 Å². The molecule has 2 aromatic rings. The van der Waals surface area contributed by atoms with Gasteiger partial charge in [-0.05, 0) is 24.6 Å². The molecule has 0 saturated heterocycles. The van der Waals surface area contributed by atoms with Gasteiger partial charge in [-0.15, -0.1) is 0 Å². The molecule has 3 rings (SSSR count). The maximum Gasteiger partial charge on any atom is 0.417 e. The maximum atomic E-state index is 13.2. The number of alkyl halides is 3. The highest BCUT2D eigenvalue weighted by Crippen LogP contribution is 2.38. The van der Waals surface area contributed by atoms with Crippen molar-refractivity contribution in [3.63, 3.8) is 0 Å². The molecule has 5 nitrogen and oxygen atoms in total. The van der Waals surface area contributed by atoms with Crippen molar-refractivity contribution in [3.8, 4) is 11.3 Å². The Morgan fingerprint density at radius 3 is 2.56 bits per heavy atom. The van der Waals surface area contributed by atoms with E-state index in [1.54, 1.807) is 11.0 Å². The van der Waals surface area contributed by atoms with E-state index in [9.17, 15) is 13.2 Å². The molecule has 1 aromatic heterocycles. The molecule has 0 bridgehead atoms. The van der Waals surface area contributed by atoms with Gasteiger partial charge in [-0.3, -0.25) is 0 Å². The molecule has 25 heavy (non-hydrogen) atoms. The zero-order chi connectivity index (χ0) is 18.2. The summed E-state index contributed by atoms with van der Waals surface area (Å²) in [5.41, 5.74) is 12.2. The third-order valence-electron chi connectivity index (χ3n) is 4.05. The number of aromatic nitrogens is 1. The summed E-state index contributed by atoms with van der Waals surface area (Å²) >= 11 is 0. The van der Waals surface area contributed by atoms with Crippen molar-refractivity contribution in [1.29, 1.82) is 0 Å². The zero-order valence-electron chi connectivity index (χ0n) is 13.6. The lowest BCUT2D eigenvalue weighted by Crippen LogP contribution is -2.46. The van der Waals surface area contributed by atoms with Crippen LogP contribution < -0.4 is 11.5 Å². The molecule has 0 fully saturated rings. The van der Waals surface area contributed by atoms with Crippen molar-refractivity contribution < 1.29 is 13.2 Å². The zero-order valence-corrected chi connectivity index (χ0v) is 13.6. The molecule has 1 atom stereocenters. The minimum absolute atomic E-state index is 0.00358. The summed E-state index contributed by atoms with van der Waals surface area (Å²) in [6, 6.07) is 8.50. The first-order valence-corrected chi connectivity index (χ1v) is 7.87. The molecule has 4 N–H and O–H groups in total. The summed E-state index contributed by atoms with van der Waals surface area (Å²) in [7, 11) is 0. The van der Waals surface area contributed by atoms with E-state index in [0.29, 0.717) is 12.1 Å². The summed E-state index contributed by atoms with van der Waals surface area (Å²) in [6.07, 6.45) is -4.15. The summed E-state index contributed by atoms with van der Waals surface area (Å²) in [6.45, 7) is 2.62. The van der Waals surface area contributed by atoms with E-state index in [2.05, 4.69) is 9.98 Å². The molecule has 0 aliphatic carbocycles. The molecule has 0 amide bonds. The minimum atomic E-state index is -4.47. The Morgan fingerprint density at radius 1 is 1.16 bits per heavy atom. The van der Waals surface area contributed by atoms with Gasteiger partial charge in [0.05, 0.1) is 11.3 Å². The van der Waals surface area contributed by atoms with E-state index in [4.69, 9.17) is 11.5 Å². The lowest BCUT2D eigenvalue weighted by atomic mass is 10.0. The van der Waals surface area contributed by atoms with Gasteiger partial charge in [0.15, 0.2) is 11.8 Å². The van der Waals surface area contributed by atoms with Crippen LogP contribution in [0.15, 0.2) is 41.4 Å². The van der Waals surface area contributed by atoms with Gasteiger partial charge in [0.2, 0.25) is 0 Å². The monoisotopic (exact) mass is 349 g/mol. The number of hydrogen-bond acceptors (Lipinski definition) is 5. The first-order valence-electron chi connectivity index (χ1n) is 7.87. The van der Waals surface area contributed by atoms with Crippen LogP contribution in [0.25, 0.3) is 11.3 Å². The Morgan fingerprint density at radius 2 is 1.88 bits per heavy atom. The van der Waals surface area contributed by atoms with Crippen LogP contribution in [0.3, 0.4) is 0 Å². The third-order valence-corrected chi connectivity index (χ3v) is 4.05. The van der Waals surface area contributed by atoms with Gasteiger partial charge in [0.25, 0.3) is 0 Å². The smallest absolute Gasteiger partial charge is 0.369 e. The van der Waals surface area contributed by atoms with Crippen LogP contribution in [0.5, 0.6) is 0 Å². The van der Waals surface area contributed by atoms with E-state index < -0.39 is 17.9 Å². The molecule has 1 unspecified atom stereocenters. The number of fused-ring (bicyclic) bond motifs is 1. The van der Waals surface area contributed by atoms with Crippen LogP contribution >= 0.6 is 0 Å². The van der Waals surface area contributed by atoms with Gasteiger partial charge >= 0.3 is 6.18 Å². The number of halogens is 3. The van der Waals surface area contributed by atoms with E-state index in [0.717, 1.165) is 12.5 Å². The highest BCUT2D eigenvalue weighted by molar-refractivity contribution is 5.84. The third kappa shape index (κ3) is 3.17. The highest BCUT2D eigenvalue weighted by atomic mass is 19.4. The van der Waals surface area contributed by atoms with Gasteiger partial charge < -0.3 is 16.4 Å². The van der Waals surface area contributed by atoms with Crippen LogP contribution in [-0.4, -0.2) is 22.4 Å². The summed E-state index contributed by atoms with van der Waals surface area (Å²) < 4.78 is 39.7. The number of guanidine groups is 1. The largest absolute Gasteiger partial charge is 0.417 e. The topological polar surface area (TPSA) is 80.5 Å². The van der Waals surface area contributed by atoms with Gasteiger partial charge in [-0.25, -0.2) is 4.98 Å². The molecule has 0 spiro atoms. The second-order valence-electron chi connectivity index (χ2n) is 5.76. The van der Waals surface area contributed by atoms with E-state index >= 15 is 0 Å². The lowest BCUT2D eigenvalue weighted by Gasteiger charge is -2.33. The van der Waals surface area contributed by atoms with Crippen molar-refractivity contribution in [2.24, 2.45) is 16.5 Å². The fraction of sp³-hybridized carbons (Fsp3) is 0.294. The Balaban J connectivity index is 2.08. The van der Waals surface area contributed by atoms with Crippen molar-refractivity contribution in [1.82, 2.24) is 9.88 Å². The van der Waals surface area contributed by atoms with Gasteiger partial charge in [-0.2, -0.15) is 18.2 Å². The molecular formula is C17H18F3N5. The normalized spacial score (nSPS) is 17.2. The Kier molecular flexibility index (Phi) is 4.38. The quantitative estimate of drug-likeness (QED) is 0.890.